The van der Waals surface area contributed by atoms with Crippen LogP contribution in [-0.2, 0) is 5.41 Å². The van der Waals surface area contributed by atoms with Gasteiger partial charge in [-0.05, 0) is 23.6 Å². The highest BCUT2D eigenvalue weighted by Gasteiger charge is 2.42. The standard InChI is InChI=1S/C21H20O2/c1-16-12-14-19(15-13-16)21(20(22)23,17-8-4-2-5-9-17)18-10-6-3-7-11-18/h2-15,20,22-23H,1H3. The van der Waals surface area contributed by atoms with E-state index in [1.165, 1.54) is 0 Å². The Kier molecular flexibility index (Phi) is 4.28. The van der Waals surface area contributed by atoms with Crippen molar-refractivity contribution in [2.75, 3.05) is 0 Å². The summed E-state index contributed by atoms with van der Waals surface area (Å²) in [5.74, 6) is 0. The summed E-state index contributed by atoms with van der Waals surface area (Å²) in [5.41, 5.74) is 2.68. The summed E-state index contributed by atoms with van der Waals surface area (Å²) in [6.45, 7) is 2.02. The van der Waals surface area contributed by atoms with Gasteiger partial charge in [-0.1, -0.05) is 90.5 Å². The van der Waals surface area contributed by atoms with Gasteiger partial charge < -0.3 is 10.2 Å². The summed E-state index contributed by atoms with van der Waals surface area (Å²) in [6, 6.07) is 27.2. The van der Waals surface area contributed by atoms with E-state index >= 15 is 0 Å². The molecule has 0 heterocycles. The molecule has 0 amide bonds. The second-order valence-electron chi connectivity index (χ2n) is 5.78. The summed E-state index contributed by atoms with van der Waals surface area (Å²) in [5, 5.41) is 20.9. The minimum atomic E-state index is -1.56. The third-order valence-corrected chi connectivity index (χ3v) is 4.35. The fourth-order valence-electron chi connectivity index (χ4n) is 3.17. The highest BCUT2D eigenvalue weighted by Crippen LogP contribution is 2.41. The Morgan fingerprint density at radius 3 is 1.39 bits per heavy atom. The summed E-state index contributed by atoms with van der Waals surface area (Å²) in [7, 11) is 0. The van der Waals surface area contributed by atoms with Crippen LogP contribution >= 0.6 is 0 Å². The maximum Gasteiger partial charge on any atom is 0.169 e. The van der Waals surface area contributed by atoms with Crippen LogP contribution in [0, 0.1) is 6.92 Å². The number of hydrogen-bond donors (Lipinski definition) is 2. The van der Waals surface area contributed by atoms with Gasteiger partial charge in [-0.2, -0.15) is 0 Å². The molecule has 2 nitrogen and oxygen atoms in total. The number of hydrogen-bond acceptors (Lipinski definition) is 2. The lowest BCUT2D eigenvalue weighted by atomic mass is 9.69. The second-order valence-corrected chi connectivity index (χ2v) is 5.78. The first-order valence-corrected chi connectivity index (χ1v) is 7.70. The number of benzene rings is 3. The van der Waals surface area contributed by atoms with Crippen molar-refractivity contribution < 1.29 is 10.2 Å². The maximum atomic E-state index is 10.4. The van der Waals surface area contributed by atoms with Crippen LogP contribution in [0.25, 0.3) is 0 Å². The number of rotatable bonds is 4. The molecular weight excluding hydrogens is 284 g/mol. The monoisotopic (exact) mass is 304 g/mol. The maximum absolute atomic E-state index is 10.4. The summed E-state index contributed by atoms with van der Waals surface area (Å²) < 4.78 is 0. The van der Waals surface area contributed by atoms with Gasteiger partial charge in [0.15, 0.2) is 6.29 Å². The SMILES string of the molecule is Cc1ccc(C(c2ccccc2)(c2ccccc2)C(O)O)cc1. The molecule has 0 radical (unpaired) electrons. The zero-order chi connectivity index (χ0) is 16.3. The molecule has 0 aliphatic heterocycles. The summed E-state index contributed by atoms with van der Waals surface area (Å²) in [6.07, 6.45) is -1.56. The normalized spacial score (nSPS) is 11.7. The lowest BCUT2D eigenvalue weighted by Gasteiger charge is -2.37. The molecule has 2 heteroatoms. The molecule has 0 unspecified atom stereocenters. The molecule has 0 saturated heterocycles. The van der Waals surface area contributed by atoms with Gasteiger partial charge in [0.25, 0.3) is 0 Å². The molecule has 3 rings (SSSR count). The third-order valence-electron chi connectivity index (χ3n) is 4.35. The van der Waals surface area contributed by atoms with Gasteiger partial charge in [0.1, 0.15) is 0 Å². The van der Waals surface area contributed by atoms with E-state index in [2.05, 4.69) is 0 Å². The average molecular weight is 304 g/mol. The zero-order valence-corrected chi connectivity index (χ0v) is 13.1. The minimum absolute atomic E-state index is 0.852. The lowest BCUT2D eigenvalue weighted by molar-refractivity contribution is -0.0754. The molecule has 2 N–H and O–H groups in total. The first-order chi connectivity index (χ1) is 11.2. The second kappa shape index (κ2) is 6.37. The lowest BCUT2D eigenvalue weighted by Crippen LogP contribution is -2.41. The van der Waals surface area contributed by atoms with Crippen LogP contribution in [0.3, 0.4) is 0 Å². The first-order valence-electron chi connectivity index (χ1n) is 7.70. The van der Waals surface area contributed by atoms with Gasteiger partial charge in [0.2, 0.25) is 0 Å². The molecule has 0 aromatic heterocycles. The molecule has 0 aliphatic rings. The molecule has 0 fully saturated rings. The van der Waals surface area contributed by atoms with Gasteiger partial charge in [-0.15, -0.1) is 0 Å². The van der Waals surface area contributed by atoms with Crippen molar-refractivity contribution in [2.45, 2.75) is 18.6 Å². The quantitative estimate of drug-likeness (QED) is 0.571. The van der Waals surface area contributed by atoms with Crippen molar-refractivity contribution in [1.82, 2.24) is 0 Å². The Morgan fingerprint density at radius 1 is 0.609 bits per heavy atom. The Bertz CT molecular complexity index is 707. The molecule has 0 atom stereocenters. The van der Waals surface area contributed by atoms with Gasteiger partial charge in [-0.3, -0.25) is 0 Å². The van der Waals surface area contributed by atoms with Crippen LogP contribution < -0.4 is 0 Å². The summed E-state index contributed by atoms with van der Waals surface area (Å²) >= 11 is 0. The van der Waals surface area contributed by atoms with Crippen LogP contribution in [0.15, 0.2) is 84.9 Å². The van der Waals surface area contributed by atoms with Crippen LogP contribution in [0.5, 0.6) is 0 Å². The summed E-state index contributed by atoms with van der Waals surface area (Å²) in [4.78, 5) is 0. The Balaban J connectivity index is 2.34. The molecule has 116 valence electrons. The Hall–Kier alpha value is -2.42. The van der Waals surface area contributed by atoms with E-state index in [0.29, 0.717) is 0 Å². The Morgan fingerprint density at radius 2 is 1.00 bits per heavy atom. The number of aliphatic hydroxyl groups is 2. The van der Waals surface area contributed by atoms with E-state index in [4.69, 9.17) is 0 Å². The topological polar surface area (TPSA) is 40.5 Å². The van der Waals surface area contributed by atoms with Gasteiger partial charge in [0.05, 0.1) is 5.41 Å². The predicted molar refractivity (Wildman–Crippen MR) is 92.2 cm³/mol. The molecule has 0 bridgehead atoms. The fourth-order valence-corrected chi connectivity index (χ4v) is 3.17. The van der Waals surface area contributed by atoms with Crippen LogP contribution in [0.4, 0.5) is 0 Å². The van der Waals surface area contributed by atoms with E-state index in [9.17, 15) is 10.2 Å². The van der Waals surface area contributed by atoms with Gasteiger partial charge in [-0.25, -0.2) is 0 Å². The van der Waals surface area contributed by atoms with E-state index in [0.717, 1.165) is 22.3 Å². The van der Waals surface area contributed by atoms with E-state index < -0.39 is 11.7 Å². The highest BCUT2D eigenvalue weighted by molar-refractivity contribution is 5.51. The smallest absolute Gasteiger partial charge is 0.169 e. The molecular formula is C21H20O2. The first kappa shape index (κ1) is 15.5. The van der Waals surface area contributed by atoms with E-state index in [1.807, 2.05) is 91.9 Å². The van der Waals surface area contributed by atoms with Crippen molar-refractivity contribution in [1.29, 1.82) is 0 Å². The minimum Gasteiger partial charge on any atom is -0.367 e. The van der Waals surface area contributed by atoms with Gasteiger partial charge >= 0.3 is 0 Å². The van der Waals surface area contributed by atoms with Crippen molar-refractivity contribution >= 4 is 0 Å². The van der Waals surface area contributed by atoms with Crippen molar-refractivity contribution in [3.8, 4) is 0 Å². The predicted octanol–water partition coefficient (Wildman–Crippen LogP) is 3.64. The van der Waals surface area contributed by atoms with Gasteiger partial charge in [0, 0.05) is 0 Å². The average Bonchev–Trinajstić information content (AvgIpc) is 2.59. The van der Waals surface area contributed by atoms with Crippen LogP contribution in [0.2, 0.25) is 0 Å². The molecule has 0 aliphatic carbocycles. The fraction of sp³-hybridized carbons (Fsp3) is 0.143. The molecule has 0 spiro atoms. The van der Waals surface area contributed by atoms with Crippen molar-refractivity contribution in [2.24, 2.45) is 0 Å². The Labute approximate surface area is 136 Å². The molecule has 23 heavy (non-hydrogen) atoms. The van der Waals surface area contributed by atoms with Crippen LogP contribution in [-0.4, -0.2) is 16.5 Å². The number of aliphatic hydroxyl groups excluding tert-OH is 1. The third kappa shape index (κ3) is 2.67. The zero-order valence-electron chi connectivity index (χ0n) is 13.1. The van der Waals surface area contributed by atoms with Crippen LogP contribution in [0.1, 0.15) is 22.3 Å². The molecule has 0 saturated carbocycles. The highest BCUT2D eigenvalue weighted by atomic mass is 16.5. The molecule has 3 aromatic carbocycles. The number of aryl methyl sites for hydroxylation is 1. The largest absolute Gasteiger partial charge is 0.367 e. The van der Waals surface area contributed by atoms with E-state index in [-0.39, 0.29) is 0 Å². The van der Waals surface area contributed by atoms with Crippen molar-refractivity contribution in [3.63, 3.8) is 0 Å². The van der Waals surface area contributed by atoms with Crippen molar-refractivity contribution in [3.05, 3.63) is 107 Å². The van der Waals surface area contributed by atoms with E-state index in [1.54, 1.807) is 0 Å². The molecule has 3 aromatic rings.